The minimum absolute atomic E-state index is 0.109. The lowest BCUT2D eigenvalue weighted by Crippen LogP contribution is -2.33. The molecule has 0 spiro atoms. The van der Waals surface area contributed by atoms with Crippen LogP contribution in [0.3, 0.4) is 0 Å². The van der Waals surface area contributed by atoms with Crippen molar-refractivity contribution >= 4 is 17.3 Å². The molecule has 0 aromatic heterocycles. The van der Waals surface area contributed by atoms with E-state index in [2.05, 4.69) is 10.6 Å². The molecule has 7 nitrogen and oxygen atoms in total. The molecule has 5 N–H and O–H groups in total. The van der Waals surface area contributed by atoms with Gasteiger partial charge in [-0.2, -0.15) is 0 Å². The smallest absolute Gasteiger partial charge is 0.221 e. The topological polar surface area (TPSA) is 106 Å². The molecule has 0 saturated carbocycles. The molecule has 2 aromatic rings. The summed E-state index contributed by atoms with van der Waals surface area (Å²) in [6, 6.07) is 14.2. The van der Waals surface area contributed by atoms with Crippen molar-refractivity contribution in [1.29, 1.82) is 0 Å². The van der Waals surface area contributed by atoms with Gasteiger partial charge in [-0.3, -0.25) is 4.79 Å². The summed E-state index contributed by atoms with van der Waals surface area (Å²) in [6.45, 7) is 3.12. The zero-order chi connectivity index (χ0) is 18.8. The molecule has 2 rings (SSSR count). The number of rotatable bonds is 10. The average Bonchev–Trinajstić information content (AvgIpc) is 2.62. The molecule has 0 heterocycles. The summed E-state index contributed by atoms with van der Waals surface area (Å²) >= 11 is 0. The summed E-state index contributed by atoms with van der Waals surface area (Å²) in [5, 5.41) is 15.7. The van der Waals surface area contributed by atoms with Crippen LogP contribution in [0.25, 0.3) is 0 Å². The lowest BCUT2D eigenvalue weighted by molar-refractivity contribution is -0.114. The normalized spacial score (nSPS) is 11.6. The third kappa shape index (κ3) is 7.42. The second kappa shape index (κ2) is 10.3. The van der Waals surface area contributed by atoms with Gasteiger partial charge >= 0.3 is 0 Å². The zero-order valence-electron chi connectivity index (χ0n) is 14.8. The number of ether oxygens (including phenoxy) is 2. The number of aliphatic hydroxyl groups is 1. The van der Waals surface area contributed by atoms with Gasteiger partial charge in [-0.25, -0.2) is 0 Å². The van der Waals surface area contributed by atoms with Crippen LogP contribution < -0.4 is 25.8 Å². The molecule has 0 saturated heterocycles. The van der Waals surface area contributed by atoms with Crippen molar-refractivity contribution in [3.63, 3.8) is 0 Å². The molecule has 1 amide bonds. The lowest BCUT2D eigenvalue weighted by atomic mass is 10.3. The van der Waals surface area contributed by atoms with Gasteiger partial charge in [0, 0.05) is 31.4 Å². The maximum Gasteiger partial charge on any atom is 0.221 e. The van der Waals surface area contributed by atoms with Crippen molar-refractivity contribution in [2.45, 2.75) is 13.0 Å². The first kappa shape index (κ1) is 19.6. The van der Waals surface area contributed by atoms with Crippen molar-refractivity contribution < 1.29 is 19.4 Å². The molecule has 1 unspecified atom stereocenters. The second-order valence-electron chi connectivity index (χ2n) is 5.79. The minimum Gasteiger partial charge on any atom is -0.492 e. The summed E-state index contributed by atoms with van der Waals surface area (Å²) in [5.74, 6) is 1.28. The Bertz CT molecular complexity index is 674. The van der Waals surface area contributed by atoms with Gasteiger partial charge < -0.3 is 30.9 Å². The predicted octanol–water partition coefficient (Wildman–Crippen LogP) is 1.64. The Morgan fingerprint density at radius 1 is 1.08 bits per heavy atom. The number of aliphatic hydroxyl groups excluding tert-OH is 1. The van der Waals surface area contributed by atoms with E-state index in [4.69, 9.17) is 15.2 Å². The number of nitrogens with two attached hydrogens (primary N) is 1. The van der Waals surface area contributed by atoms with Gasteiger partial charge in [-0.05, 0) is 48.5 Å². The fourth-order valence-electron chi connectivity index (χ4n) is 2.16. The number of benzene rings is 2. The molecular formula is C19H25N3O4. The largest absolute Gasteiger partial charge is 0.492 e. The Morgan fingerprint density at radius 2 is 1.69 bits per heavy atom. The predicted molar refractivity (Wildman–Crippen MR) is 101 cm³/mol. The molecule has 2 aromatic carbocycles. The van der Waals surface area contributed by atoms with E-state index in [0.717, 1.165) is 5.69 Å². The highest BCUT2D eigenvalue weighted by Crippen LogP contribution is 2.15. The number of hydrogen-bond donors (Lipinski definition) is 4. The van der Waals surface area contributed by atoms with Crippen molar-refractivity contribution in [1.82, 2.24) is 5.32 Å². The van der Waals surface area contributed by atoms with E-state index >= 15 is 0 Å². The first-order valence-electron chi connectivity index (χ1n) is 8.40. The van der Waals surface area contributed by atoms with Crippen molar-refractivity contribution in [2.75, 3.05) is 37.4 Å². The minimum atomic E-state index is -0.621. The van der Waals surface area contributed by atoms with E-state index in [1.165, 1.54) is 6.92 Å². The van der Waals surface area contributed by atoms with Gasteiger partial charge in [0.05, 0.1) is 0 Å². The summed E-state index contributed by atoms with van der Waals surface area (Å²) in [7, 11) is 0. The standard InChI is InChI=1S/C19H25N3O4/c1-14(23)22-16-4-8-18(9-5-16)25-11-10-21-12-17(24)13-26-19-6-2-15(20)3-7-19/h2-9,17,21,24H,10-13,20H2,1H3,(H,22,23). The number of amides is 1. The van der Waals surface area contributed by atoms with Crippen LogP contribution in [0, 0.1) is 0 Å². The quantitative estimate of drug-likeness (QED) is 0.380. The summed E-state index contributed by atoms with van der Waals surface area (Å²) in [4.78, 5) is 11.0. The second-order valence-corrected chi connectivity index (χ2v) is 5.79. The van der Waals surface area contributed by atoms with E-state index in [-0.39, 0.29) is 12.5 Å². The van der Waals surface area contributed by atoms with Crippen LogP contribution in [0.4, 0.5) is 11.4 Å². The number of nitrogen functional groups attached to an aromatic ring is 1. The molecule has 0 radical (unpaired) electrons. The monoisotopic (exact) mass is 359 g/mol. The van der Waals surface area contributed by atoms with Gasteiger partial charge in [0.15, 0.2) is 0 Å². The first-order valence-corrected chi connectivity index (χ1v) is 8.40. The molecule has 7 heteroatoms. The molecule has 0 aliphatic heterocycles. The Labute approximate surface area is 153 Å². The Balaban J connectivity index is 1.56. The van der Waals surface area contributed by atoms with Gasteiger partial charge in [0.2, 0.25) is 5.91 Å². The fourth-order valence-corrected chi connectivity index (χ4v) is 2.16. The van der Waals surface area contributed by atoms with Crippen LogP contribution in [0.15, 0.2) is 48.5 Å². The number of anilines is 2. The van der Waals surface area contributed by atoms with Crippen LogP contribution in [0.2, 0.25) is 0 Å². The van der Waals surface area contributed by atoms with Crippen molar-refractivity contribution in [3.05, 3.63) is 48.5 Å². The summed E-state index contributed by atoms with van der Waals surface area (Å²) < 4.78 is 11.1. The highest BCUT2D eigenvalue weighted by molar-refractivity contribution is 5.88. The number of nitrogens with one attached hydrogen (secondary N) is 2. The molecule has 0 bridgehead atoms. The molecule has 0 aliphatic rings. The highest BCUT2D eigenvalue weighted by atomic mass is 16.5. The first-order chi connectivity index (χ1) is 12.5. The van der Waals surface area contributed by atoms with Gasteiger partial charge in [0.25, 0.3) is 0 Å². The van der Waals surface area contributed by atoms with Crippen molar-refractivity contribution in [2.24, 2.45) is 0 Å². The van der Waals surface area contributed by atoms with E-state index in [1.807, 2.05) is 0 Å². The van der Waals surface area contributed by atoms with Gasteiger partial charge in [-0.15, -0.1) is 0 Å². The number of carbonyl (C=O) groups is 1. The van der Waals surface area contributed by atoms with Crippen LogP contribution in [0.1, 0.15) is 6.92 Å². The lowest BCUT2D eigenvalue weighted by Gasteiger charge is -2.14. The Hall–Kier alpha value is -2.77. The van der Waals surface area contributed by atoms with E-state index in [1.54, 1.807) is 48.5 Å². The van der Waals surface area contributed by atoms with Gasteiger partial charge in [0.1, 0.15) is 30.8 Å². The van der Waals surface area contributed by atoms with Crippen LogP contribution >= 0.6 is 0 Å². The van der Waals surface area contributed by atoms with E-state index in [0.29, 0.717) is 36.9 Å². The molecule has 26 heavy (non-hydrogen) atoms. The van der Waals surface area contributed by atoms with Crippen LogP contribution in [-0.4, -0.2) is 43.4 Å². The summed E-state index contributed by atoms with van der Waals surface area (Å²) in [5.41, 5.74) is 7.00. The van der Waals surface area contributed by atoms with Crippen LogP contribution in [0.5, 0.6) is 11.5 Å². The van der Waals surface area contributed by atoms with Crippen molar-refractivity contribution in [3.8, 4) is 11.5 Å². The number of hydrogen-bond acceptors (Lipinski definition) is 6. The fraction of sp³-hybridized carbons (Fsp3) is 0.316. The molecule has 1 atom stereocenters. The maximum atomic E-state index is 11.0. The molecule has 0 aliphatic carbocycles. The van der Waals surface area contributed by atoms with E-state index < -0.39 is 6.10 Å². The summed E-state index contributed by atoms with van der Waals surface area (Å²) in [6.07, 6.45) is -0.621. The zero-order valence-corrected chi connectivity index (χ0v) is 14.8. The SMILES string of the molecule is CC(=O)Nc1ccc(OCCNCC(O)COc2ccc(N)cc2)cc1. The number of carbonyl (C=O) groups excluding carboxylic acids is 1. The third-order valence-electron chi connectivity index (χ3n) is 3.42. The Morgan fingerprint density at radius 3 is 2.35 bits per heavy atom. The molecule has 140 valence electrons. The Kier molecular flexibility index (Phi) is 7.73. The molecule has 0 fully saturated rings. The maximum absolute atomic E-state index is 11.0. The van der Waals surface area contributed by atoms with E-state index in [9.17, 15) is 9.90 Å². The van der Waals surface area contributed by atoms with Crippen LogP contribution in [-0.2, 0) is 4.79 Å². The van der Waals surface area contributed by atoms with Gasteiger partial charge in [-0.1, -0.05) is 0 Å². The molecular weight excluding hydrogens is 334 g/mol. The highest BCUT2D eigenvalue weighted by Gasteiger charge is 2.05. The third-order valence-corrected chi connectivity index (χ3v) is 3.42. The average molecular weight is 359 g/mol.